The number of aromatic nitrogens is 2. The van der Waals surface area contributed by atoms with Crippen LogP contribution < -0.4 is 4.90 Å². The van der Waals surface area contributed by atoms with Gasteiger partial charge in [-0.25, -0.2) is 4.39 Å². The fraction of sp³-hybridized carbons (Fsp3) is 0.562. The molecule has 2 N–H and O–H groups in total. The van der Waals surface area contributed by atoms with Crippen LogP contribution in [0.15, 0.2) is 18.2 Å². The van der Waals surface area contributed by atoms with Crippen molar-refractivity contribution in [3.05, 3.63) is 24.0 Å². The molecule has 1 atom stereocenters. The van der Waals surface area contributed by atoms with Gasteiger partial charge in [0.25, 0.3) is 0 Å². The number of hydrogen-bond acceptors (Lipinski definition) is 4. The SMILES string of the molecule is CCC(C)(O)CN1CCN(c2n[nH]c3cc(F)ccc23)CC1. The molecule has 2 aromatic rings. The van der Waals surface area contributed by atoms with Crippen molar-refractivity contribution >= 4 is 16.7 Å². The van der Waals surface area contributed by atoms with Gasteiger partial charge < -0.3 is 10.0 Å². The number of fused-ring (bicyclic) bond motifs is 1. The third-order valence-corrected chi connectivity index (χ3v) is 4.50. The third-order valence-electron chi connectivity index (χ3n) is 4.50. The van der Waals surface area contributed by atoms with E-state index < -0.39 is 5.60 Å². The summed E-state index contributed by atoms with van der Waals surface area (Å²) >= 11 is 0. The van der Waals surface area contributed by atoms with E-state index in [1.54, 1.807) is 6.07 Å². The predicted octanol–water partition coefficient (Wildman–Crippen LogP) is 1.98. The first-order valence-corrected chi connectivity index (χ1v) is 7.82. The molecule has 1 unspecified atom stereocenters. The number of anilines is 1. The average Bonchev–Trinajstić information content (AvgIpc) is 2.90. The van der Waals surface area contributed by atoms with Crippen molar-refractivity contribution in [3.63, 3.8) is 0 Å². The number of nitrogens with one attached hydrogen (secondary N) is 1. The minimum atomic E-state index is -0.626. The maximum Gasteiger partial charge on any atom is 0.158 e. The molecule has 0 spiro atoms. The molecule has 1 aromatic heterocycles. The number of rotatable bonds is 4. The summed E-state index contributed by atoms with van der Waals surface area (Å²) in [6.07, 6.45) is 0.753. The van der Waals surface area contributed by atoms with Crippen LogP contribution in [0.1, 0.15) is 20.3 Å². The van der Waals surface area contributed by atoms with Gasteiger partial charge in [0.1, 0.15) is 5.82 Å². The molecule has 1 saturated heterocycles. The van der Waals surface area contributed by atoms with Crippen molar-refractivity contribution < 1.29 is 9.50 Å². The first kappa shape index (κ1) is 15.2. The topological polar surface area (TPSA) is 55.4 Å². The Balaban J connectivity index is 1.68. The molecule has 0 saturated carbocycles. The van der Waals surface area contributed by atoms with Gasteiger partial charge in [-0.3, -0.25) is 10.00 Å². The summed E-state index contributed by atoms with van der Waals surface area (Å²) in [6.45, 7) is 8.09. The fourth-order valence-electron chi connectivity index (χ4n) is 2.93. The zero-order chi connectivity index (χ0) is 15.7. The van der Waals surface area contributed by atoms with Gasteiger partial charge in [0.2, 0.25) is 0 Å². The normalized spacial score (nSPS) is 19.5. The number of hydrogen-bond donors (Lipinski definition) is 2. The molecule has 1 aliphatic heterocycles. The van der Waals surface area contributed by atoms with Crippen LogP contribution in [0.25, 0.3) is 10.9 Å². The van der Waals surface area contributed by atoms with E-state index in [1.807, 2.05) is 13.8 Å². The van der Waals surface area contributed by atoms with Crippen molar-refractivity contribution in [2.24, 2.45) is 0 Å². The number of aromatic amines is 1. The van der Waals surface area contributed by atoms with Crippen LogP contribution in [0.2, 0.25) is 0 Å². The van der Waals surface area contributed by atoms with Gasteiger partial charge in [-0.2, -0.15) is 5.10 Å². The van der Waals surface area contributed by atoms with Gasteiger partial charge in [-0.1, -0.05) is 6.92 Å². The van der Waals surface area contributed by atoms with E-state index in [9.17, 15) is 9.50 Å². The first-order chi connectivity index (χ1) is 10.5. The van der Waals surface area contributed by atoms with Crippen LogP contribution in [-0.4, -0.2) is 58.5 Å². The van der Waals surface area contributed by atoms with E-state index >= 15 is 0 Å². The molecule has 3 rings (SSSR count). The monoisotopic (exact) mass is 306 g/mol. The Morgan fingerprint density at radius 1 is 1.32 bits per heavy atom. The molecular formula is C16H23FN4O. The van der Waals surface area contributed by atoms with Crippen molar-refractivity contribution in [1.82, 2.24) is 15.1 Å². The molecule has 22 heavy (non-hydrogen) atoms. The number of β-amino-alcohol motifs (C(OH)–C–C–N with tert-alkyl or cyclic N) is 1. The molecule has 1 aromatic carbocycles. The first-order valence-electron chi connectivity index (χ1n) is 7.82. The lowest BCUT2D eigenvalue weighted by Crippen LogP contribution is -2.51. The van der Waals surface area contributed by atoms with Gasteiger partial charge in [0.15, 0.2) is 5.82 Å². The quantitative estimate of drug-likeness (QED) is 0.907. The highest BCUT2D eigenvalue weighted by Crippen LogP contribution is 2.25. The zero-order valence-electron chi connectivity index (χ0n) is 13.1. The Hall–Kier alpha value is -1.66. The Bertz CT molecular complexity index is 647. The van der Waals surface area contributed by atoms with Crippen LogP contribution in [0.4, 0.5) is 10.2 Å². The van der Waals surface area contributed by atoms with Gasteiger partial charge >= 0.3 is 0 Å². The number of piperazine rings is 1. The van der Waals surface area contributed by atoms with E-state index in [4.69, 9.17) is 0 Å². The standard InChI is InChI=1S/C16H23FN4O/c1-3-16(2,22)11-20-6-8-21(9-7-20)15-13-5-4-12(17)10-14(13)18-19-15/h4-5,10,22H,3,6-9,11H2,1-2H3,(H,18,19). The van der Waals surface area contributed by atoms with Crippen molar-refractivity contribution in [2.45, 2.75) is 25.9 Å². The van der Waals surface area contributed by atoms with Crippen molar-refractivity contribution in [2.75, 3.05) is 37.6 Å². The molecule has 6 heteroatoms. The largest absolute Gasteiger partial charge is 0.389 e. The summed E-state index contributed by atoms with van der Waals surface area (Å²) in [5.74, 6) is 0.631. The minimum Gasteiger partial charge on any atom is -0.389 e. The van der Waals surface area contributed by atoms with E-state index in [0.717, 1.165) is 49.3 Å². The smallest absolute Gasteiger partial charge is 0.158 e. The number of H-pyrrole nitrogens is 1. The molecule has 0 radical (unpaired) electrons. The molecule has 120 valence electrons. The molecule has 0 amide bonds. The van der Waals surface area contributed by atoms with Gasteiger partial charge in [0, 0.05) is 38.1 Å². The Morgan fingerprint density at radius 3 is 2.73 bits per heavy atom. The molecule has 1 fully saturated rings. The summed E-state index contributed by atoms with van der Waals surface area (Å²) in [5, 5.41) is 18.4. The molecule has 1 aliphatic rings. The fourth-order valence-corrected chi connectivity index (χ4v) is 2.93. The van der Waals surface area contributed by atoms with E-state index in [0.29, 0.717) is 6.54 Å². The van der Waals surface area contributed by atoms with Gasteiger partial charge in [0.05, 0.1) is 11.1 Å². The summed E-state index contributed by atoms with van der Waals surface area (Å²) in [7, 11) is 0. The molecular weight excluding hydrogens is 283 g/mol. The average molecular weight is 306 g/mol. The lowest BCUT2D eigenvalue weighted by atomic mass is 10.0. The van der Waals surface area contributed by atoms with Crippen LogP contribution in [0.3, 0.4) is 0 Å². The minimum absolute atomic E-state index is 0.255. The maximum absolute atomic E-state index is 13.2. The van der Waals surface area contributed by atoms with E-state index in [1.165, 1.54) is 12.1 Å². The van der Waals surface area contributed by atoms with Crippen LogP contribution in [-0.2, 0) is 0 Å². The molecule has 2 heterocycles. The van der Waals surface area contributed by atoms with E-state index in [-0.39, 0.29) is 5.82 Å². The highest BCUT2D eigenvalue weighted by atomic mass is 19.1. The lowest BCUT2D eigenvalue weighted by Gasteiger charge is -2.38. The summed E-state index contributed by atoms with van der Waals surface area (Å²) in [5.41, 5.74) is 0.102. The van der Waals surface area contributed by atoms with Crippen molar-refractivity contribution in [3.8, 4) is 0 Å². The van der Waals surface area contributed by atoms with Gasteiger partial charge in [-0.15, -0.1) is 0 Å². The number of aliphatic hydroxyl groups is 1. The van der Waals surface area contributed by atoms with Crippen LogP contribution in [0, 0.1) is 5.82 Å². The molecule has 5 nitrogen and oxygen atoms in total. The third kappa shape index (κ3) is 3.08. The number of benzene rings is 1. The summed E-state index contributed by atoms with van der Waals surface area (Å²) < 4.78 is 13.2. The summed E-state index contributed by atoms with van der Waals surface area (Å²) in [6, 6.07) is 4.72. The second-order valence-corrected chi connectivity index (χ2v) is 6.35. The maximum atomic E-state index is 13.2. The zero-order valence-corrected chi connectivity index (χ0v) is 13.1. The van der Waals surface area contributed by atoms with Crippen LogP contribution >= 0.6 is 0 Å². The second-order valence-electron chi connectivity index (χ2n) is 6.35. The molecule has 0 aliphatic carbocycles. The second kappa shape index (κ2) is 5.85. The highest BCUT2D eigenvalue weighted by molar-refractivity contribution is 5.90. The Morgan fingerprint density at radius 2 is 2.05 bits per heavy atom. The van der Waals surface area contributed by atoms with E-state index in [2.05, 4.69) is 20.0 Å². The Labute approximate surface area is 129 Å². The Kier molecular flexibility index (Phi) is 4.06. The molecule has 0 bridgehead atoms. The van der Waals surface area contributed by atoms with Crippen molar-refractivity contribution in [1.29, 1.82) is 0 Å². The summed E-state index contributed by atoms with van der Waals surface area (Å²) in [4.78, 5) is 4.50. The van der Waals surface area contributed by atoms with Crippen LogP contribution in [0.5, 0.6) is 0 Å². The van der Waals surface area contributed by atoms with Gasteiger partial charge in [-0.05, 0) is 31.5 Å². The number of halogens is 1. The lowest BCUT2D eigenvalue weighted by molar-refractivity contribution is 0.0149. The number of nitrogens with zero attached hydrogens (tertiary/aromatic N) is 3. The predicted molar refractivity (Wildman–Crippen MR) is 85.6 cm³/mol. The highest BCUT2D eigenvalue weighted by Gasteiger charge is 2.26.